The number of hydrogen-bond acceptors (Lipinski definition) is 2. The number of carbonyl (C=O) groups excluding carboxylic acids is 1. The van der Waals surface area contributed by atoms with Crippen LogP contribution in [-0.2, 0) is 0 Å². The number of carbonyl (C=O) groups is 1. The van der Waals surface area contributed by atoms with Gasteiger partial charge in [-0.25, -0.2) is 4.98 Å². The number of Topliss-reactive ketones (excluding diaryl/α,β-unsaturated/α-hetero) is 1. The van der Waals surface area contributed by atoms with Crippen LogP contribution >= 0.6 is 0 Å². The molecule has 0 N–H and O–H groups in total. The van der Waals surface area contributed by atoms with Gasteiger partial charge in [0.1, 0.15) is 0 Å². The second kappa shape index (κ2) is 6.00. The van der Waals surface area contributed by atoms with Gasteiger partial charge in [0.05, 0.1) is 18.0 Å². The van der Waals surface area contributed by atoms with Crippen molar-refractivity contribution < 1.29 is 4.79 Å². The summed E-state index contributed by atoms with van der Waals surface area (Å²) in [6.07, 6.45) is 12.6. The van der Waals surface area contributed by atoms with E-state index in [1.807, 2.05) is 16.8 Å². The van der Waals surface area contributed by atoms with Gasteiger partial charge in [0, 0.05) is 17.7 Å². The predicted molar refractivity (Wildman–Crippen MR) is 84.8 cm³/mol. The smallest absolute Gasteiger partial charge is 0.168 e. The Balaban J connectivity index is 1.91. The van der Waals surface area contributed by atoms with Crippen molar-refractivity contribution in [2.24, 2.45) is 5.92 Å². The van der Waals surface area contributed by atoms with Crippen molar-refractivity contribution in [2.75, 3.05) is 0 Å². The number of hydrogen-bond donors (Lipinski definition) is 0. The summed E-state index contributed by atoms with van der Waals surface area (Å²) in [5.41, 5.74) is 3.16. The van der Waals surface area contributed by atoms with E-state index in [0.29, 0.717) is 11.7 Å². The van der Waals surface area contributed by atoms with Crippen molar-refractivity contribution in [1.29, 1.82) is 0 Å². The third kappa shape index (κ3) is 2.87. The number of nitrogens with zero attached hydrogens (tertiary/aromatic N) is 2. The fourth-order valence-electron chi connectivity index (χ4n) is 3.09. The van der Waals surface area contributed by atoms with Gasteiger partial charge in [0.25, 0.3) is 0 Å². The third-order valence-electron chi connectivity index (χ3n) is 4.58. The number of unbranched alkanes of at least 4 members (excludes halogenated alkanes) is 2. The summed E-state index contributed by atoms with van der Waals surface area (Å²) in [5, 5.41) is 0. The Morgan fingerprint density at radius 3 is 2.95 bits per heavy atom. The standard InChI is InChI=1S/C18H24N2O/c1-3-4-5-6-13(2)18(21)17-15(14-7-8-14)9-10-20-12-19-11-16(17)20/h9-14H,3-8H2,1-2H3. The predicted octanol–water partition coefficient (Wildman–Crippen LogP) is 4.61. The normalized spacial score (nSPS) is 16.3. The lowest BCUT2D eigenvalue weighted by atomic mass is 9.90. The van der Waals surface area contributed by atoms with Crippen LogP contribution < -0.4 is 0 Å². The van der Waals surface area contributed by atoms with E-state index >= 15 is 0 Å². The minimum absolute atomic E-state index is 0.107. The van der Waals surface area contributed by atoms with Gasteiger partial charge in [-0.15, -0.1) is 0 Å². The third-order valence-corrected chi connectivity index (χ3v) is 4.58. The molecule has 0 radical (unpaired) electrons. The molecule has 0 aliphatic heterocycles. The highest BCUT2D eigenvalue weighted by atomic mass is 16.1. The Bertz CT molecular complexity index is 640. The van der Waals surface area contributed by atoms with E-state index in [1.54, 1.807) is 6.33 Å². The molecule has 1 unspecified atom stereocenters. The second-order valence-corrected chi connectivity index (χ2v) is 6.37. The Hall–Kier alpha value is -1.64. The zero-order valence-electron chi connectivity index (χ0n) is 13.0. The highest BCUT2D eigenvalue weighted by Crippen LogP contribution is 2.43. The Labute approximate surface area is 126 Å². The van der Waals surface area contributed by atoms with Crippen LogP contribution in [0.4, 0.5) is 0 Å². The van der Waals surface area contributed by atoms with Crippen molar-refractivity contribution >= 4 is 11.3 Å². The Kier molecular flexibility index (Phi) is 4.09. The topological polar surface area (TPSA) is 34.4 Å². The molecular weight excluding hydrogens is 260 g/mol. The van der Waals surface area contributed by atoms with E-state index in [0.717, 1.165) is 23.9 Å². The lowest BCUT2D eigenvalue weighted by Crippen LogP contribution is -2.15. The minimum atomic E-state index is 0.107. The fraction of sp³-hybridized carbons (Fsp3) is 0.556. The quantitative estimate of drug-likeness (QED) is 0.549. The van der Waals surface area contributed by atoms with E-state index in [4.69, 9.17) is 0 Å². The SMILES string of the molecule is CCCCCC(C)C(=O)c1c(C2CC2)ccn2cncc12. The van der Waals surface area contributed by atoms with E-state index < -0.39 is 0 Å². The van der Waals surface area contributed by atoms with Crippen LogP contribution in [0.25, 0.3) is 5.52 Å². The molecule has 21 heavy (non-hydrogen) atoms. The summed E-state index contributed by atoms with van der Waals surface area (Å²) in [4.78, 5) is 17.2. The molecule has 3 rings (SSSR count). The fourth-order valence-corrected chi connectivity index (χ4v) is 3.09. The maximum atomic E-state index is 13.0. The lowest BCUT2D eigenvalue weighted by Gasteiger charge is -2.15. The van der Waals surface area contributed by atoms with E-state index in [-0.39, 0.29) is 5.92 Å². The molecule has 112 valence electrons. The van der Waals surface area contributed by atoms with Crippen molar-refractivity contribution in [3.05, 3.63) is 35.9 Å². The Morgan fingerprint density at radius 2 is 2.24 bits per heavy atom. The molecule has 0 bridgehead atoms. The van der Waals surface area contributed by atoms with Crippen LogP contribution in [0.5, 0.6) is 0 Å². The molecule has 2 heterocycles. The number of ketones is 1. The molecule has 0 spiro atoms. The maximum absolute atomic E-state index is 13.0. The van der Waals surface area contributed by atoms with Crippen LogP contribution in [0.2, 0.25) is 0 Å². The molecule has 0 aromatic carbocycles. The number of imidazole rings is 1. The van der Waals surface area contributed by atoms with Crippen LogP contribution in [0.1, 0.15) is 74.2 Å². The van der Waals surface area contributed by atoms with Gasteiger partial charge >= 0.3 is 0 Å². The summed E-state index contributed by atoms with van der Waals surface area (Å²) in [7, 11) is 0. The molecule has 2 aromatic rings. The largest absolute Gasteiger partial charge is 0.306 e. The minimum Gasteiger partial charge on any atom is -0.306 e. The first-order valence-electron chi connectivity index (χ1n) is 8.21. The molecule has 0 amide bonds. The number of aromatic nitrogens is 2. The number of rotatable bonds is 7. The molecule has 1 saturated carbocycles. The molecule has 3 heteroatoms. The van der Waals surface area contributed by atoms with Crippen molar-refractivity contribution in [1.82, 2.24) is 9.38 Å². The molecule has 2 aromatic heterocycles. The zero-order valence-corrected chi connectivity index (χ0v) is 13.0. The molecule has 3 nitrogen and oxygen atoms in total. The van der Waals surface area contributed by atoms with Crippen LogP contribution in [-0.4, -0.2) is 15.2 Å². The number of pyridine rings is 1. The van der Waals surface area contributed by atoms with E-state index in [9.17, 15) is 4.79 Å². The Morgan fingerprint density at radius 1 is 1.43 bits per heavy atom. The van der Waals surface area contributed by atoms with Crippen molar-refractivity contribution in [2.45, 2.75) is 58.3 Å². The van der Waals surface area contributed by atoms with Crippen LogP contribution in [0, 0.1) is 5.92 Å². The summed E-state index contributed by atoms with van der Waals surface area (Å²) in [6.45, 7) is 4.28. The molecule has 1 aliphatic rings. The molecule has 1 atom stereocenters. The molecular formula is C18H24N2O. The first-order valence-corrected chi connectivity index (χ1v) is 8.21. The van der Waals surface area contributed by atoms with Crippen LogP contribution in [0.15, 0.2) is 24.8 Å². The summed E-state index contributed by atoms with van der Waals surface area (Å²) >= 11 is 0. The second-order valence-electron chi connectivity index (χ2n) is 6.37. The molecule has 1 aliphatic carbocycles. The summed E-state index contributed by atoms with van der Waals surface area (Å²) < 4.78 is 1.97. The van der Waals surface area contributed by atoms with Crippen LogP contribution in [0.3, 0.4) is 0 Å². The van der Waals surface area contributed by atoms with Gasteiger partial charge in [-0.2, -0.15) is 0 Å². The van der Waals surface area contributed by atoms with Gasteiger partial charge in [0.2, 0.25) is 0 Å². The summed E-state index contributed by atoms with van der Waals surface area (Å²) in [5.74, 6) is 1.00. The van der Waals surface area contributed by atoms with Gasteiger partial charge in [-0.1, -0.05) is 33.1 Å². The van der Waals surface area contributed by atoms with Gasteiger partial charge in [0.15, 0.2) is 5.78 Å². The zero-order chi connectivity index (χ0) is 14.8. The van der Waals surface area contributed by atoms with Gasteiger partial charge in [-0.3, -0.25) is 4.79 Å². The monoisotopic (exact) mass is 284 g/mol. The average Bonchev–Trinajstić information content (AvgIpc) is 3.22. The lowest BCUT2D eigenvalue weighted by molar-refractivity contribution is 0.0922. The highest BCUT2D eigenvalue weighted by Gasteiger charge is 2.30. The van der Waals surface area contributed by atoms with Crippen molar-refractivity contribution in [3.8, 4) is 0 Å². The van der Waals surface area contributed by atoms with Crippen molar-refractivity contribution in [3.63, 3.8) is 0 Å². The van der Waals surface area contributed by atoms with E-state index in [1.165, 1.54) is 31.2 Å². The molecule has 1 fully saturated rings. The highest BCUT2D eigenvalue weighted by molar-refractivity contribution is 6.05. The average molecular weight is 284 g/mol. The van der Waals surface area contributed by atoms with E-state index in [2.05, 4.69) is 24.9 Å². The number of fused-ring (bicyclic) bond motifs is 1. The first-order chi connectivity index (χ1) is 10.2. The van der Waals surface area contributed by atoms with Gasteiger partial charge < -0.3 is 4.40 Å². The first kappa shape index (κ1) is 14.3. The molecule has 0 saturated heterocycles. The maximum Gasteiger partial charge on any atom is 0.168 e. The summed E-state index contributed by atoms with van der Waals surface area (Å²) in [6, 6.07) is 2.12. The van der Waals surface area contributed by atoms with Gasteiger partial charge in [-0.05, 0) is 36.8 Å².